The summed E-state index contributed by atoms with van der Waals surface area (Å²) in [6.45, 7) is -0.318. The van der Waals surface area contributed by atoms with Gasteiger partial charge in [0.15, 0.2) is 5.96 Å². The highest BCUT2D eigenvalue weighted by Crippen LogP contribution is 2.02. The molecule has 14 nitrogen and oxygen atoms in total. The first-order chi connectivity index (χ1) is 15.0. The molecule has 0 aromatic carbocycles. The van der Waals surface area contributed by atoms with Gasteiger partial charge in [0, 0.05) is 6.54 Å². The number of nitrogens with zero attached hydrogens (tertiary/aromatic N) is 1. The Kier molecular flexibility index (Phi) is 14.2. The molecule has 0 bridgehead atoms. The Bertz CT molecular complexity index is 701. The van der Waals surface area contributed by atoms with Crippen LogP contribution in [0.2, 0.25) is 0 Å². The molecule has 0 aliphatic carbocycles. The molecule has 3 unspecified atom stereocenters. The Labute approximate surface area is 189 Å². The molecule has 0 aromatic heterocycles. The van der Waals surface area contributed by atoms with Gasteiger partial charge >= 0.3 is 5.97 Å². The van der Waals surface area contributed by atoms with Gasteiger partial charge in [-0.05, 0) is 31.3 Å². The quantitative estimate of drug-likeness (QED) is 0.0611. The van der Waals surface area contributed by atoms with Gasteiger partial charge in [-0.1, -0.05) is 0 Å². The van der Waals surface area contributed by atoms with Crippen molar-refractivity contribution in [1.82, 2.24) is 16.0 Å². The van der Waals surface area contributed by atoms with Crippen LogP contribution < -0.4 is 38.9 Å². The number of carbonyl (C=O) groups is 5. The number of aliphatic carboxylic acids is 1. The molecule has 0 saturated carbocycles. The molecule has 0 aliphatic heterocycles. The summed E-state index contributed by atoms with van der Waals surface area (Å²) < 4.78 is 0. The Morgan fingerprint density at radius 3 is 2.19 bits per heavy atom. The van der Waals surface area contributed by atoms with Crippen molar-refractivity contribution in [2.45, 2.75) is 43.8 Å². The summed E-state index contributed by atoms with van der Waals surface area (Å²) in [7, 11) is 0. The number of hydrogen-bond acceptors (Lipinski definition) is 8. The van der Waals surface area contributed by atoms with E-state index in [9.17, 15) is 24.0 Å². The van der Waals surface area contributed by atoms with E-state index in [1.54, 1.807) is 6.26 Å². The number of amides is 4. The molecule has 32 heavy (non-hydrogen) atoms. The van der Waals surface area contributed by atoms with Crippen LogP contribution in [0.5, 0.6) is 0 Å². The van der Waals surface area contributed by atoms with Crippen molar-refractivity contribution in [2.24, 2.45) is 27.9 Å². The number of rotatable bonds is 16. The summed E-state index contributed by atoms with van der Waals surface area (Å²) in [5.74, 6) is -3.77. The van der Waals surface area contributed by atoms with E-state index in [0.717, 1.165) is 0 Å². The minimum atomic E-state index is -1.25. The van der Waals surface area contributed by atoms with E-state index in [1.165, 1.54) is 11.8 Å². The SMILES string of the molecule is CSCCC(NC(=O)CNC(=O)C(CCCN=C(N)N)NC(=O)C(N)CC(N)=O)C(=O)O. The lowest BCUT2D eigenvalue weighted by Crippen LogP contribution is -2.54. The normalized spacial score (nSPS) is 13.2. The van der Waals surface area contributed by atoms with Crippen molar-refractivity contribution < 1.29 is 29.1 Å². The van der Waals surface area contributed by atoms with Crippen LogP contribution >= 0.6 is 11.8 Å². The minimum absolute atomic E-state index is 0.102. The molecule has 0 spiro atoms. The zero-order chi connectivity index (χ0) is 24.7. The number of primary amides is 1. The van der Waals surface area contributed by atoms with Gasteiger partial charge in [-0.3, -0.25) is 24.2 Å². The maximum atomic E-state index is 12.5. The Balaban J connectivity index is 4.96. The number of carboxylic acids is 1. The van der Waals surface area contributed by atoms with E-state index in [4.69, 9.17) is 28.0 Å². The van der Waals surface area contributed by atoms with E-state index in [1.807, 2.05) is 0 Å². The smallest absolute Gasteiger partial charge is 0.326 e. The topological polar surface area (TPSA) is 258 Å². The number of nitrogens with one attached hydrogen (secondary N) is 3. The summed E-state index contributed by atoms with van der Waals surface area (Å²) in [5.41, 5.74) is 21.1. The minimum Gasteiger partial charge on any atom is -0.480 e. The van der Waals surface area contributed by atoms with Gasteiger partial charge in [0.2, 0.25) is 23.6 Å². The second-order valence-electron chi connectivity index (χ2n) is 6.74. The first-order valence-electron chi connectivity index (χ1n) is 9.66. The predicted molar refractivity (Wildman–Crippen MR) is 119 cm³/mol. The number of thioether (sulfide) groups is 1. The maximum Gasteiger partial charge on any atom is 0.326 e. The number of carboxylic acid groups (broad SMARTS) is 1. The molecule has 4 amide bonds. The fourth-order valence-electron chi connectivity index (χ4n) is 2.39. The third kappa shape index (κ3) is 13.3. The second-order valence-corrected chi connectivity index (χ2v) is 7.73. The van der Waals surface area contributed by atoms with E-state index in [2.05, 4.69) is 20.9 Å². The molecular formula is C17H32N8O6S. The van der Waals surface area contributed by atoms with Crippen LogP contribution in [-0.2, 0) is 24.0 Å². The van der Waals surface area contributed by atoms with Crippen molar-refractivity contribution in [3.05, 3.63) is 0 Å². The fourth-order valence-corrected chi connectivity index (χ4v) is 2.86. The maximum absolute atomic E-state index is 12.5. The first kappa shape index (κ1) is 28.9. The third-order valence-electron chi connectivity index (χ3n) is 4.00. The Hall–Kier alpha value is -3.07. The lowest BCUT2D eigenvalue weighted by atomic mass is 10.1. The summed E-state index contributed by atoms with van der Waals surface area (Å²) in [6.07, 6.45) is 2.02. The molecule has 0 aromatic rings. The Morgan fingerprint density at radius 2 is 1.66 bits per heavy atom. The molecule has 0 fully saturated rings. The van der Waals surface area contributed by atoms with Gasteiger partial charge in [0.05, 0.1) is 19.0 Å². The van der Waals surface area contributed by atoms with Crippen LogP contribution in [0.1, 0.15) is 25.7 Å². The molecule has 182 valence electrons. The molecule has 0 rings (SSSR count). The summed E-state index contributed by atoms with van der Waals surface area (Å²) in [5, 5.41) is 16.2. The summed E-state index contributed by atoms with van der Waals surface area (Å²) >= 11 is 1.43. The van der Waals surface area contributed by atoms with E-state index in [-0.39, 0.29) is 25.3 Å². The fraction of sp³-hybridized carbons (Fsp3) is 0.647. The highest BCUT2D eigenvalue weighted by Gasteiger charge is 2.25. The molecule has 3 atom stereocenters. The van der Waals surface area contributed by atoms with Crippen LogP contribution in [-0.4, -0.2) is 83.9 Å². The number of carbonyl (C=O) groups excluding carboxylic acids is 4. The number of hydrogen-bond donors (Lipinski definition) is 8. The van der Waals surface area contributed by atoms with Gasteiger partial charge in [0.1, 0.15) is 12.1 Å². The zero-order valence-electron chi connectivity index (χ0n) is 17.8. The number of nitrogens with two attached hydrogens (primary N) is 4. The second kappa shape index (κ2) is 15.7. The molecule has 0 saturated heterocycles. The average molecular weight is 477 g/mol. The van der Waals surface area contributed by atoms with Crippen LogP contribution in [0.15, 0.2) is 4.99 Å². The van der Waals surface area contributed by atoms with Crippen molar-refractivity contribution in [3.63, 3.8) is 0 Å². The van der Waals surface area contributed by atoms with E-state index in [0.29, 0.717) is 12.2 Å². The molecular weight excluding hydrogens is 444 g/mol. The third-order valence-corrected chi connectivity index (χ3v) is 4.65. The highest BCUT2D eigenvalue weighted by molar-refractivity contribution is 7.98. The van der Waals surface area contributed by atoms with Crippen molar-refractivity contribution in [3.8, 4) is 0 Å². The number of guanidine groups is 1. The van der Waals surface area contributed by atoms with E-state index >= 15 is 0 Å². The molecule has 12 N–H and O–H groups in total. The van der Waals surface area contributed by atoms with Gasteiger partial charge < -0.3 is 44.0 Å². The van der Waals surface area contributed by atoms with Crippen LogP contribution in [0, 0.1) is 0 Å². The largest absolute Gasteiger partial charge is 0.480 e. The van der Waals surface area contributed by atoms with E-state index < -0.39 is 60.7 Å². The lowest BCUT2D eigenvalue weighted by Gasteiger charge is -2.20. The standard InChI is InChI=1S/C17H32N8O6S/c1-32-6-4-11(16(30)31)24-13(27)8-23-15(29)10(3-2-5-22-17(20)21)25-14(28)9(18)7-12(19)26/h9-11H,2-8,18H2,1H3,(H2,19,26)(H,23,29)(H,24,27)(H,25,28)(H,30,31)(H4,20,21,22). The monoisotopic (exact) mass is 476 g/mol. The van der Waals surface area contributed by atoms with Gasteiger partial charge in [0.25, 0.3) is 0 Å². The van der Waals surface area contributed by atoms with Gasteiger partial charge in [-0.25, -0.2) is 4.79 Å². The highest BCUT2D eigenvalue weighted by atomic mass is 32.2. The van der Waals surface area contributed by atoms with Crippen molar-refractivity contribution in [2.75, 3.05) is 25.1 Å². The van der Waals surface area contributed by atoms with Gasteiger partial charge in [-0.2, -0.15) is 11.8 Å². The molecule has 0 aliphatic rings. The van der Waals surface area contributed by atoms with Crippen LogP contribution in [0.4, 0.5) is 0 Å². The van der Waals surface area contributed by atoms with Crippen molar-refractivity contribution >= 4 is 47.3 Å². The molecule has 15 heteroatoms. The predicted octanol–water partition coefficient (Wildman–Crippen LogP) is -3.83. The average Bonchev–Trinajstić information content (AvgIpc) is 2.70. The first-order valence-corrected chi connectivity index (χ1v) is 11.1. The molecule has 0 heterocycles. The van der Waals surface area contributed by atoms with Gasteiger partial charge in [-0.15, -0.1) is 0 Å². The molecule has 0 radical (unpaired) electrons. The Morgan fingerprint density at radius 1 is 1.00 bits per heavy atom. The van der Waals surface area contributed by atoms with Crippen LogP contribution in [0.3, 0.4) is 0 Å². The zero-order valence-corrected chi connectivity index (χ0v) is 18.7. The van der Waals surface area contributed by atoms with Crippen molar-refractivity contribution in [1.29, 1.82) is 0 Å². The number of aliphatic imine (C=N–C) groups is 1. The summed E-state index contributed by atoms with van der Waals surface area (Å²) in [4.78, 5) is 62.6. The lowest BCUT2D eigenvalue weighted by molar-refractivity contribution is -0.141. The van der Waals surface area contributed by atoms with Crippen LogP contribution in [0.25, 0.3) is 0 Å². The summed E-state index contributed by atoms with van der Waals surface area (Å²) in [6, 6.07) is -3.44.